The molecule has 0 bridgehead atoms. The summed E-state index contributed by atoms with van der Waals surface area (Å²) in [6.07, 6.45) is 13.0. The van der Waals surface area contributed by atoms with Gasteiger partial charge in [-0.1, -0.05) is 131 Å². The van der Waals surface area contributed by atoms with Crippen molar-refractivity contribution in [2.45, 2.75) is 131 Å². The minimum Gasteiger partial charge on any atom is -0.0776 e. The second-order valence-corrected chi connectivity index (χ2v) is 3.47. The molecule has 0 aromatic rings. The molecule has 0 rings (SSSR count). The summed E-state index contributed by atoms with van der Waals surface area (Å²) in [5, 5.41) is 0. The second-order valence-electron chi connectivity index (χ2n) is 3.47. The topological polar surface area (TPSA) is 0 Å². The smallest absolute Gasteiger partial charge is 0.0533 e. The summed E-state index contributed by atoms with van der Waals surface area (Å²) < 4.78 is 0. The molecule has 0 spiro atoms. The molecule has 0 amide bonds. The Morgan fingerprint density at radius 1 is 0.316 bits per heavy atom. The molecule has 0 atom stereocenters. The predicted molar refractivity (Wildman–Crippen MR) is 107 cm³/mol. The lowest BCUT2D eigenvalue weighted by Crippen LogP contribution is -1.79. The van der Waals surface area contributed by atoms with Crippen molar-refractivity contribution in [2.24, 2.45) is 0 Å². The standard InChI is InChI=1S/C11H24.8CH4/c1-3-5-7-9-11-10-8-6-4-2;;;;;;;;/h3-11H2,1-2H3;8*1H4. The molecule has 0 fully saturated rings. The molecule has 0 heterocycles. The molecule has 0 nitrogen and oxygen atoms in total. The van der Waals surface area contributed by atoms with Gasteiger partial charge in [0.15, 0.2) is 0 Å². The average Bonchev–Trinajstić information content (AvgIpc) is 2.03. The third-order valence-electron chi connectivity index (χ3n) is 2.21. The normalized spacial score (nSPS) is 6.00. The van der Waals surface area contributed by atoms with Gasteiger partial charge in [0.05, 0.1) is 0 Å². The summed E-state index contributed by atoms with van der Waals surface area (Å²) in [5.74, 6) is 0. The first-order chi connectivity index (χ1) is 5.41. The van der Waals surface area contributed by atoms with Crippen molar-refractivity contribution in [3.63, 3.8) is 0 Å². The largest absolute Gasteiger partial charge is 0.0776 e. The van der Waals surface area contributed by atoms with Gasteiger partial charge in [0.25, 0.3) is 0 Å². The lowest BCUT2D eigenvalue weighted by atomic mass is 10.1. The number of hydrogen-bond donors (Lipinski definition) is 0. The Hall–Kier alpha value is 0. The Bertz CT molecular complexity index is 49.1. The minimum atomic E-state index is 0. The van der Waals surface area contributed by atoms with Crippen LogP contribution in [0.5, 0.6) is 0 Å². The van der Waals surface area contributed by atoms with Crippen LogP contribution in [0.3, 0.4) is 0 Å². The zero-order valence-corrected chi connectivity index (χ0v) is 8.36. The number of unbranched alkanes of at least 4 members (excludes halogenated alkanes) is 8. The van der Waals surface area contributed by atoms with Gasteiger partial charge in [-0.2, -0.15) is 0 Å². The van der Waals surface area contributed by atoms with Crippen LogP contribution in [-0.2, 0) is 0 Å². The third kappa shape index (κ3) is 72.0. The fraction of sp³-hybridized carbons (Fsp3) is 1.00. The van der Waals surface area contributed by atoms with Crippen LogP contribution in [0.1, 0.15) is 131 Å². The van der Waals surface area contributed by atoms with Gasteiger partial charge >= 0.3 is 0 Å². The molecule has 0 aromatic heterocycles. The highest BCUT2D eigenvalue weighted by Crippen LogP contribution is 2.08. The second kappa shape index (κ2) is 64.2. The molecule has 0 saturated heterocycles. The van der Waals surface area contributed by atoms with Crippen LogP contribution in [0.25, 0.3) is 0 Å². The summed E-state index contributed by atoms with van der Waals surface area (Å²) in [6.45, 7) is 4.55. The van der Waals surface area contributed by atoms with E-state index in [0.29, 0.717) is 0 Å². The van der Waals surface area contributed by atoms with Crippen molar-refractivity contribution < 1.29 is 0 Å². The highest BCUT2D eigenvalue weighted by Gasteiger charge is 1.88. The highest BCUT2D eigenvalue weighted by molar-refractivity contribution is 4.44. The molecule has 19 heavy (non-hydrogen) atoms. The van der Waals surface area contributed by atoms with Gasteiger partial charge < -0.3 is 0 Å². The van der Waals surface area contributed by atoms with Gasteiger partial charge in [-0.05, 0) is 0 Å². The van der Waals surface area contributed by atoms with Gasteiger partial charge in [0.1, 0.15) is 0 Å². The molecule has 132 valence electrons. The van der Waals surface area contributed by atoms with E-state index in [1.165, 1.54) is 57.8 Å². The Labute approximate surface area is 131 Å². The lowest BCUT2D eigenvalue weighted by molar-refractivity contribution is 0.572. The SMILES string of the molecule is C.C.C.C.C.C.C.C.CCCCCCCCCCC. The first kappa shape index (κ1) is 61.6. The Morgan fingerprint density at radius 2 is 0.474 bits per heavy atom. The third-order valence-corrected chi connectivity index (χ3v) is 2.21. The van der Waals surface area contributed by atoms with Crippen LogP contribution in [0.15, 0.2) is 0 Å². The van der Waals surface area contributed by atoms with E-state index < -0.39 is 0 Å². The molecule has 0 aliphatic heterocycles. The summed E-state index contributed by atoms with van der Waals surface area (Å²) in [6, 6.07) is 0. The lowest BCUT2D eigenvalue weighted by Gasteiger charge is -1.98. The van der Waals surface area contributed by atoms with Crippen LogP contribution in [0, 0.1) is 0 Å². The fourth-order valence-corrected chi connectivity index (χ4v) is 1.38. The van der Waals surface area contributed by atoms with Crippen molar-refractivity contribution in [3.05, 3.63) is 0 Å². The zero-order valence-electron chi connectivity index (χ0n) is 8.36. The summed E-state index contributed by atoms with van der Waals surface area (Å²) in [5.41, 5.74) is 0. The maximum atomic E-state index is 2.27. The van der Waals surface area contributed by atoms with Gasteiger partial charge in [0, 0.05) is 0 Å². The van der Waals surface area contributed by atoms with Crippen molar-refractivity contribution >= 4 is 0 Å². The van der Waals surface area contributed by atoms with E-state index in [2.05, 4.69) is 13.8 Å². The number of rotatable bonds is 8. The summed E-state index contributed by atoms with van der Waals surface area (Å²) >= 11 is 0. The van der Waals surface area contributed by atoms with E-state index in [1.807, 2.05) is 0 Å². The van der Waals surface area contributed by atoms with Crippen molar-refractivity contribution in [3.8, 4) is 0 Å². The van der Waals surface area contributed by atoms with Gasteiger partial charge in [-0.15, -0.1) is 0 Å². The Balaban J connectivity index is -0.0000000179. The van der Waals surface area contributed by atoms with E-state index in [4.69, 9.17) is 0 Å². The van der Waals surface area contributed by atoms with Crippen molar-refractivity contribution in [2.75, 3.05) is 0 Å². The molecule has 0 N–H and O–H groups in total. The van der Waals surface area contributed by atoms with Gasteiger partial charge in [-0.25, -0.2) is 0 Å². The van der Waals surface area contributed by atoms with E-state index in [-0.39, 0.29) is 59.4 Å². The maximum Gasteiger partial charge on any atom is -0.0533 e. The van der Waals surface area contributed by atoms with Crippen molar-refractivity contribution in [1.82, 2.24) is 0 Å². The predicted octanol–water partition coefficient (Wildman–Crippen LogP) is 9.63. The fourth-order valence-electron chi connectivity index (χ4n) is 1.38. The van der Waals surface area contributed by atoms with Crippen LogP contribution in [-0.4, -0.2) is 0 Å². The first-order valence-electron chi connectivity index (χ1n) is 5.41. The van der Waals surface area contributed by atoms with Gasteiger partial charge in [0.2, 0.25) is 0 Å². The van der Waals surface area contributed by atoms with E-state index in [9.17, 15) is 0 Å². The van der Waals surface area contributed by atoms with Crippen LogP contribution in [0.2, 0.25) is 0 Å². The Kier molecular flexibility index (Phi) is 208. The van der Waals surface area contributed by atoms with E-state index in [0.717, 1.165) is 0 Å². The first-order valence-corrected chi connectivity index (χ1v) is 5.41. The molecule has 0 aliphatic rings. The molecule has 0 aliphatic carbocycles. The van der Waals surface area contributed by atoms with E-state index >= 15 is 0 Å². The Morgan fingerprint density at radius 3 is 0.632 bits per heavy atom. The minimum absolute atomic E-state index is 0. The van der Waals surface area contributed by atoms with Crippen molar-refractivity contribution in [1.29, 1.82) is 0 Å². The number of hydrogen-bond acceptors (Lipinski definition) is 0. The molecule has 0 saturated carbocycles. The molecule has 0 aromatic carbocycles. The molecule has 0 heteroatoms. The average molecular weight is 285 g/mol. The van der Waals surface area contributed by atoms with Crippen LogP contribution < -0.4 is 0 Å². The van der Waals surface area contributed by atoms with Gasteiger partial charge in [-0.3, -0.25) is 0 Å². The quantitative estimate of drug-likeness (QED) is 0.389. The highest BCUT2D eigenvalue weighted by atomic mass is 13.9. The zero-order chi connectivity index (χ0) is 8.36. The molecule has 0 unspecified atom stereocenters. The van der Waals surface area contributed by atoms with E-state index in [1.54, 1.807) is 0 Å². The van der Waals surface area contributed by atoms with Crippen LogP contribution in [0.4, 0.5) is 0 Å². The molecular formula is C19H56. The molecule has 0 radical (unpaired) electrons. The summed E-state index contributed by atoms with van der Waals surface area (Å²) in [7, 11) is 0. The summed E-state index contributed by atoms with van der Waals surface area (Å²) in [4.78, 5) is 0. The van der Waals surface area contributed by atoms with Crippen LogP contribution >= 0.6 is 0 Å². The maximum absolute atomic E-state index is 2.27. The monoisotopic (exact) mass is 284 g/mol. The molecular weight excluding hydrogens is 228 g/mol.